The molecular weight excluding hydrogens is 300 g/mol. The number of morpholine rings is 1. The van der Waals surface area contributed by atoms with Crippen LogP contribution in [0.4, 0.5) is 0 Å². The molecule has 8 nitrogen and oxygen atoms in total. The molecule has 23 heavy (non-hydrogen) atoms. The van der Waals surface area contributed by atoms with Gasteiger partial charge in [0.1, 0.15) is 6.04 Å². The highest BCUT2D eigenvalue weighted by Gasteiger charge is 2.33. The van der Waals surface area contributed by atoms with Crippen molar-refractivity contribution in [2.75, 3.05) is 26.4 Å². The zero-order valence-electron chi connectivity index (χ0n) is 13.1. The van der Waals surface area contributed by atoms with Gasteiger partial charge in [-0.1, -0.05) is 0 Å². The molecule has 1 fully saturated rings. The molecule has 8 heteroatoms. The third kappa shape index (κ3) is 3.31. The minimum absolute atomic E-state index is 0.148. The van der Waals surface area contributed by atoms with Crippen LogP contribution >= 0.6 is 0 Å². The number of carbonyl (C=O) groups excluding carboxylic acids is 1. The Labute approximate surface area is 133 Å². The van der Waals surface area contributed by atoms with Gasteiger partial charge < -0.3 is 18.8 Å². The predicted octanol–water partition coefficient (Wildman–Crippen LogP) is 1.39. The summed E-state index contributed by atoms with van der Waals surface area (Å²) in [7, 11) is 0. The minimum Gasteiger partial charge on any atom is -0.478 e. The van der Waals surface area contributed by atoms with E-state index in [-0.39, 0.29) is 11.9 Å². The smallest absolute Gasteiger partial charge is 0.256 e. The van der Waals surface area contributed by atoms with Crippen LogP contribution in [0.25, 0.3) is 0 Å². The Hall–Kier alpha value is -2.48. The first-order chi connectivity index (χ1) is 11.2. The van der Waals surface area contributed by atoms with Crippen LogP contribution in [0.3, 0.4) is 0 Å². The van der Waals surface area contributed by atoms with Gasteiger partial charge in [0, 0.05) is 25.7 Å². The van der Waals surface area contributed by atoms with Crippen LogP contribution < -0.4 is 4.74 Å². The Kier molecular flexibility index (Phi) is 4.52. The number of rotatable bonds is 4. The SMILES string of the molecule is CCOc1ccc(C(=O)N2CCOC[C@@H]2c2nnc(C)o2)cn1. The van der Waals surface area contributed by atoms with Gasteiger partial charge in [-0.25, -0.2) is 4.98 Å². The second-order valence-corrected chi connectivity index (χ2v) is 5.07. The summed E-state index contributed by atoms with van der Waals surface area (Å²) in [5, 5.41) is 7.83. The summed E-state index contributed by atoms with van der Waals surface area (Å²) in [4.78, 5) is 18.6. The topological polar surface area (TPSA) is 90.6 Å². The van der Waals surface area contributed by atoms with Crippen molar-refractivity contribution in [1.82, 2.24) is 20.1 Å². The van der Waals surface area contributed by atoms with Gasteiger partial charge in [0.2, 0.25) is 17.7 Å². The summed E-state index contributed by atoms with van der Waals surface area (Å²) < 4.78 is 16.2. The predicted molar refractivity (Wildman–Crippen MR) is 79.0 cm³/mol. The molecule has 1 amide bonds. The Balaban J connectivity index is 1.80. The van der Waals surface area contributed by atoms with Crippen molar-refractivity contribution in [3.05, 3.63) is 35.7 Å². The molecule has 2 aromatic heterocycles. The van der Waals surface area contributed by atoms with Crippen LogP contribution in [0.1, 0.15) is 35.1 Å². The lowest BCUT2D eigenvalue weighted by atomic mass is 10.1. The molecule has 1 aliphatic heterocycles. The molecular formula is C15H18N4O4. The number of nitrogens with zero attached hydrogens (tertiary/aromatic N) is 4. The van der Waals surface area contributed by atoms with Gasteiger partial charge in [-0.2, -0.15) is 0 Å². The lowest BCUT2D eigenvalue weighted by Gasteiger charge is -2.33. The number of amides is 1. The van der Waals surface area contributed by atoms with E-state index >= 15 is 0 Å². The third-order valence-electron chi connectivity index (χ3n) is 3.49. The van der Waals surface area contributed by atoms with Gasteiger partial charge in [0.05, 0.1) is 25.4 Å². The second-order valence-electron chi connectivity index (χ2n) is 5.07. The fourth-order valence-electron chi connectivity index (χ4n) is 2.40. The highest BCUT2D eigenvalue weighted by molar-refractivity contribution is 5.94. The molecule has 0 aliphatic carbocycles. The first-order valence-electron chi connectivity index (χ1n) is 7.46. The van der Waals surface area contributed by atoms with Gasteiger partial charge in [-0.3, -0.25) is 4.79 Å². The number of aromatic nitrogens is 3. The standard InChI is InChI=1S/C15H18N4O4/c1-3-22-13-5-4-11(8-16-13)15(20)19-6-7-21-9-12(19)14-18-17-10(2)23-14/h4-5,8,12H,3,6-7,9H2,1-2H3/t12-/m1/s1. The monoisotopic (exact) mass is 318 g/mol. The Morgan fingerprint density at radius 3 is 2.96 bits per heavy atom. The van der Waals surface area contributed by atoms with Crippen molar-refractivity contribution in [1.29, 1.82) is 0 Å². The summed E-state index contributed by atoms with van der Waals surface area (Å²) >= 11 is 0. The average molecular weight is 318 g/mol. The first kappa shape index (κ1) is 15.4. The van der Waals surface area contributed by atoms with E-state index in [1.165, 1.54) is 6.20 Å². The molecule has 3 heterocycles. The molecule has 0 N–H and O–H groups in total. The largest absolute Gasteiger partial charge is 0.478 e. The van der Waals surface area contributed by atoms with E-state index in [1.807, 2.05) is 6.92 Å². The fraction of sp³-hybridized carbons (Fsp3) is 0.467. The van der Waals surface area contributed by atoms with Crippen LogP contribution in [0, 0.1) is 6.92 Å². The van der Waals surface area contributed by atoms with Gasteiger partial charge in [0.25, 0.3) is 5.91 Å². The van der Waals surface area contributed by atoms with Crippen LogP contribution in [0.15, 0.2) is 22.7 Å². The maximum Gasteiger partial charge on any atom is 0.256 e. The van der Waals surface area contributed by atoms with Gasteiger partial charge in [-0.15, -0.1) is 10.2 Å². The fourth-order valence-corrected chi connectivity index (χ4v) is 2.40. The molecule has 3 rings (SSSR count). The highest BCUT2D eigenvalue weighted by atomic mass is 16.5. The van der Waals surface area contributed by atoms with E-state index < -0.39 is 0 Å². The Morgan fingerprint density at radius 1 is 1.43 bits per heavy atom. The summed E-state index contributed by atoms with van der Waals surface area (Å²) in [5.41, 5.74) is 0.483. The molecule has 1 atom stereocenters. The summed E-state index contributed by atoms with van der Waals surface area (Å²) in [5.74, 6) is 1.19. The van der Waals surface area contributed by atoms with Crippen molar-refractivity contribution >= 4 is 5.91 Å². The third-order valence-corrected chi connectivity index (χ3v) is 3.49. The number of pyridine rings is 1. The minimum atomic E-state index is -0.385. The Morgan fingerprint density at radius 2 is 2.30 bits per heavy atom. The van der Waals surface area contributed by atoms with Crippen molar-refractivity contribution in [3.8, 4) is 5.88 Å². The van der Waals surface area contributed by atoms with Crippen LogP contribution in [0.2, 0.25) is 0 Å². The molecule has 0 saturated carbocycles. The van der Waals surface area contributed by atoms with Crippen LogP contribution in [-0.2, 0) is 4.74 Å². The lowest BCUT2D eigenvalue weighted by Crippen LogP contribution is -2.43. The molecule has 0 bridgehead atoms. The zero-order valence-corrected chi connectivity index (χ0v) is 13.1. The number of aryl methyl sites for hydroxylation is 1. The van der Waals surface area contributed by atoms with E-state index in [4.69, 9.17) is 13.9 Å². The van der Waals surface area contributed by atoms with Gasteiger partial charge >= 0.3 is 0 Å². The zero-order chi connectivity index (χ0) is 16.2. The van der Waals surface area contributed by atoms with Crippen molar-refractivity contribution in [3.63, 3.8) is 0 Å². The van der Waals surface area contributed by atoms with Crippen molar-refractivity contribution < 1.29 is 18.7 Å². The van der Waals surface area contributed by atoms with Crippen molar-refractivity contribution in [2.45, 2.75) is 19.9 Å². The van der Waals surface area contributed by atoms with Gasteiger partial charge in [-0.05, 0) is 13.0 Å². The van der Waals surface area contributed by atoms with Crippen LogP contribution in [-0.4, -0.2) is 52.4 Å². The first-order valence-corrected chi connectivity index (χ1v) is 7.46. The van der Waals surface area contributed by atoms with Gasteiger partial charge in [0.15, 0.2) is 0 Å². The molecule has 0 aromatic carbocycles. The van der Waals surface area contributed by atoms with Crippen LogP contribution in [0.5, 0.6) is 5.88 Å². The highest BCUT2D eigenvalue weighted by Crippen LogP contribution is 2.25. The maximum absolute atomic E-state index is 12.8. The molecule has 0 spiro atoms. The van der Waals surface area contributed by atoms with E-state index in [1.54, 1.807) is 24.0 Å². The molecule has 2 aromatic rings. The summed E-state index contributed by atoms with van der Waals surface area (Å²) in [6.07, 6.45) is 1.51. The second kappa shape index (κ2) is 6.74. The van der Waals surface area contributed by atoms with E-state index in [2.05, 4.69) is 15.2 Å². The average Bonchev–Trinajstić information content (AvgIpc) is 3.02. The van der Waals surface area contributed by atoms with E-state index in [9.17, 15) is 4.79 Å². The normalized spacial score (nSPS) is 18.0. The maximum atomic E-state index is 12.8. The number of hydrogen-bond donors (Lipinski definition) is 0. The Bertz CT molecular complexity index is 670. The number of carbonyl (C=O) groups is 1. The quantitative estimate of drug-likeness (QED) is 0.841. The molecule has 1 saturated heterocycles. The molecule has 122 valence electrons. The lowest BCUT2D eigenvalue weighted by molar-refractivity contribution is -0.0106. The number of hydrogen-bond acceptors (Lipinski definition) is 7. The molecule has 0 radical (unpaired) electrons. The molecule has 0 unspecified atom stereocenters. The summed E-state index contributed by atoms with van der Waals surface area (Å²) in [6.45, 7) is 5.38. The van der Waals surface area contributed by atoms with E-state index in [0.717, 1.165) is 0 Å². The van der Waals surface area contributed by atoms with E-state index in [0.29, 0.717) is 49.6 Å². The van der Waals surface area contributed by atoms with Crippen molar-refractivity contribution in [2.24, 2.45) is 0 Å². The number of ether oxygens (including phenoxy) is 2. The summed E-state index contributed by atoms with van der Waals surface area (Å²) in [6, 6.07) is 3.00. The molecule has 1 aliphatic rings.